The Balaban J connectivity index is 1.36. The summed E-state index contributed by atoms with van der Waals surface area (Å²) in [5.74, 6) is -3.26. The molecule has 4 rings (SSSR count). The minimum atomic E-state index is -1.09. The predicted octanol–water partition coefficient (Wildman–Crippen LogP) is 5.67. The average Bonchev–Trinajstić information content (AvgIpc) is 3.01. The van der Waals surface area contributed by atoms with Gasteiger partial charge in [0, 0.05) is 55.0 Å². The molecular weight excluding hydrogens is 616 g/mol. The van der Waals surface area contributed by atoms with E-state index < -0.39 is 34.5 Å². The second-order valence-electron chi connectivity index (χ2n) is 11.8. The lowest BCUT2D eigenvalue weighted by molar-refractivity contribution is 0.0262. The summed E-state index contributed by atoms with van der Waals surface area (Å²) in [7, 11) is 0. The van der Waals surface area contributed by atoms with Crippen LogP contribution in [0, 0.1) is 29.2 Å². The van der Waals surface area contributed by atoms with E-state index in [-0.39, 0.29) is 40.9 Å². The van der Waals surface area contributed by atoms with Crippen LogP contribution in [0.1, 0.15) is 37.8 Å². The number of nitrogens with zero attached hydrogens (tertiary/aromatic N) is 2. The van der Waals surface area contributed by atoms with Gasteiger partial charge in [0.1, 0.15) is 41.3 Å². The predicted molar refractivity (Wildman–Crippen MR) is 175 cm³/mol. The number of rotatable bonds is 16. The highest BCUT2D eigenvalue weighted by atomic mass is 19.1. The van der Waals surface area contributed by atoms with Crippen LogP contribution in [0.2, 0.25) is 0 Å². The first-order valence-electron chi connectivity index (χ1n) is 15.6. The molecule has 3 aromatic rings. The summed E-state index contributed by atoms with van der Waals surface area (Å²) >= 11 is 0. The Hall–Kier alpha value is -4.13. The summed E-state index contributed by atoms with van der Waals surface area (Å²) < 4.78 is 76.1. The van der Waals surface area contributed by atoms with Crippen molar-refractivity contribution in [1.29, 1.82) is 0 Å². The maximum Gasteiger partial charge on any atom is 0.256 e. The molecule has 0 radical (unpaired) electrons. The number of hydrogen-bond acceptors (Lipinski definition) is 7. The van der Waals surface area contributed by atoms with E-state index >= 15 is 8.78 Å². The molecule has 1 fully saturated rings. The van der Waals surface area contributed by atoms with E-state index in [1.165, 1.54) is 6.07 Å². The quantitative estimate of drug-likeness (QED) is 0.116. The topological polar surface area (TPSA) is 91.0 Å². The molecule has 1 atom stereocenters. The number of halogens is 4. The van der Waals surface area contributed by atoms with Crippen LogP contribution in [0.5, 0.6) is 5.75 Å². The first kappa shape index (κ1) is 35.7. The molecule has 0 amide bonds. The Labute approximate surface area is 272 Å². The van der Waals surface area contributed by atoms with E-state index in [0.29, 0.717) is 41.9 Å². The molecule has 8 nitrogen and oxygen atoms in total. The number of hydrogen-bond donors (Lipinski definition) is 2. The molecule has 0 bridgehead atoms. The lowest BCUT2D eigenvalue weighted by atomic mass is 9.99. The zero-order valence-corrected chi connectivity index (χ0v) is 26.8. The number of morpholine rings is 1. The highest BCUT2D eigenvalue weighted by molar-refractivity contribution is 5.83. The minimum absolute atomic E-state index is 0.00175. The molecule has 0 spiro atoms. The monoisotopic (exact) mass is 658 g/mol. The largest absolute Gasteiger partial charge is 0.496 e. The van der Waals surface area contributed by atoms with Crippen LogP contribution in [0.15, 0.2) is 66.2 Å². The Morgan fingerprint density at radius 3 is 2.32 bits per heavy atom. The molecule has 254 valence electrons. The number of benzene rings is 2. The van der Waals surface area contributed by atoms with Gasteiger partial charge in [-0.05, 0) is 49.1 Å². The van der Waals surface area contributed by atoms with Crippen molar-refractivity contribution in [3.8, 4) is 11.4 Å². The Bertz CT molecular complexity index is 1600. The maximum absolute atomic E-state index is 15.3. The van der Waals surface area contributed by atoms with Crippen molar-refractivity contribution < 1.29 is 31.8 Å². The van der Waals surface area contributed by atoms with Gasteiger partial charge in [-0.2, -0.15) is 0 Å². The standard InChI is InChI=1S/C35H42F4N4O4/c1-22(2)18-32(24(4)46-17-13-42-11-15-45-16-12-42)41-10-5-14-47-26-20-30(38)34(31(39)21-26)43-33(44)9-8-28(35(43)40)23(3)27-7-6-25(36)19-29(27)37/h6-9,19-22,32,41H,3-5,10-18,40H2,1-2H3/t32-/m0/s1. The summed E-state index contributed by atoms with van der Waals surface area (Å²) in [6, 6.07) is 7.02. The van der Waals surface area contributed by atoms with Gasteiger partial charge < -0.3 is 25.3 Å². The normalized spacial score (nSPS) is 14.3. The Morgan fingerprint density at radius 1 is 0.979 bits per heavy atom. The van der Waals surface area contributed by atoms with Crippen molar-refractivity contribution in [3.05, 3.63) is 106 Å². The molecule has 12 heteroatoms. The second kappa shape index (κ2) is 16.6. The molecule has 3 N–H and O–H groups in total. The third kappa shape index (κ3) is 9.46. The van der Waals surface area contributed by atoms with Crippen molar-refractivity contribution in [1.82, 2.24) is 14.8 Å². The van der Waals surface area contributed by atoms with E-state index in [1.807, 2.05) is 0 Å². The molecule has 1 aromatic heterocycles. The van der Waals surface area contributed by atoms with Crippen LogP contribution in [0.3, 0.4) is 0 Å². The number of nitrogens with two attached hydrogens (primary N) is 1. The van der Waals surface area contributed by atoms with Gasteiger partial charge in [0.2, 0.25) is 0 Å². The van der Waals surface area contributed by atoms with Crippen LogP contribution in [0.25, 0.3) is 11.3 Å². The number of aromatic nitrogens is 1. The molecule has 0 saturated carbocycles. The lowest BCUT2D eigenvalue weighted by Gasteiger charge is -2.28. The van der Waals surface area contributed by atoms with Gasteiger partial charge in [-0.1, -0.05) is 27.0 Å². The van der Waals surface area contributed by atoms with Crippen LogP contribution < -0.4 is 21.3 Å². The number of pyridine rings is 1. The summed E-state index contributed by atoms with van der Waals surface area (Å²) in [5.41, 5.74) is 4.59. The Morgan fingerprint density at radius 2 is 1.66 bits per heavy atom. The number of ether oxygens (including phenoxy) is 3. The summed E-state index contributed by atoms with van der Waals surface area (Å²) in [4.78, 5) is 15.0. The van der Waals surface area contributed by atoms with Gasteiger partial charge in [0.05, 0.1) is 25.9 Å². The number of nitrogens with one attached hydrogen (secondary N) is 1. The van der Waals surface area contributed by atoms with Crippen molar-refractivity contribution in [2.75, 3.05) is 58.3 Å². The number of anilines is 1. The fourth-order valence-corrected chi connectivity index (χ4v) is 5.33. The van der Waals surface area contributed by atoms with Gasteiger partial charge in [-0.15, -0.1) is 0 Å². The fraction of sp³-hybridized carbons (Fsp3) is 0.400. The second-order valence-corrected chi connectivity index (χ2v) is 11.8. The van der Waals surface area contributed by atoms with Gasteiger partial charge in [0.25, 0.3) is 5.56 Å². The van der Waals surface area contributed by atoms with Crippen LogP contribution in [-0.4, -0.2) is 68.1 Å². The molecule has 1 aliphatic heterocycles. The Kier molecular flexibility index (Phi) is 12.6. The summed E-state index contributed by atoms with van der Waals surface area (Å²) in [6.07, 6.45) is 1.35. The molecule has 2 heterocycles. The maximum atomic E-state index is 15.3. The van der Waals surface area contributed by atoms with Crippen molar-refractivity contribution in [3.63, 3.8) is 0 Å². The lowest BCUT2D eigenvalue weighted by Crippen LogP contribution is -2.39. The van der Waals surface area contributed by atoms with Gasteiger partial charge in [-0.3, -0.25) is 14.3 Å². The average molecular weight is 659 g/mol. The summed E-state index contributed by atoms with van der Waals surface area (Å²) in [6.45, 7) is 17.4. The van der Waals surface area contributed by atoms with E-state index in [0.717, 1.165) is 69.6 Å². The van der Waals surface area contributed by atoms with Crippen LogP contribution >= 0.6 is 0 Å². The third-order valence-electron chi connectivity index (χ3n) is 7.80. The highest BCUT2D eigenvalue weighted by Crippen LogP contribution is 2.31. The highest BCUT2D eigenvalue weighted by Gasteiger charge is 2.22. The molecule has 2 aromatic carbocycles. The van der Waals surface area contributed by atoms with Crippen molar-refractivity contribution in [2.45, 2.75) is 32.7 Å². The molecular formula is C35H42F4N4O4. The molecule has 1 saturated heterocycles. The molecule has 0 aliphatic carbocycles. The van der Waals surface area contributed by atoms with Gasteiger partial charge >= 0.3 is 0 Å². The van der Waals surface area contributed by atoms with Crippen molar-refractivity contribution >= 4 is 11.4 Å². The summed E-state index contributed by atoms with van der Waals surface area (Å²) in [5, 5.41) is 3.44. The van der Waals surface area contributed by atoms with Crippen molar-refractivity contribution in [2.24, 2.45) is 5.92 Å². The molecule has 0 unspecified atom stereocenters. The first-order chi connectivity index (χ1) is 22.5. The van der Waals surface area contributed by atoms with Gasteiger partial charge in [-0.25, -0.2) is 17.6 Å². The van der Waals surface area contributed by atoms with E-state index in [4.69, 9.17) is 19.9 Å². The zero-order chi connectivity index (χ0) is 34.1. The molecule has 47 heavy (non-hydrogen) atoms. The van der Waals surface area contributed by atoms with Crippen LogP contribution in [-0.2, 0) is 9.47 Å². The SMILES string of the molecule is C=C(c1ccc(F)cc1F)c1ccc(=O)n(-c2c(F)cc(OCCCN[C@@H](CC(C)C)C(=C)OCCN3CCOCC3)cc2F)c1N. The first-order valence-corrected chi connectivity index (χ1v) is 15.6. The smallest absolute Gasteiger partial charge is 0.256 e. The molecule has 1 aliphatic rings. The third-order valence-corrected chi connectivity index (χ3v) is 7.80. The van der Waals surface area contributed by atoms with E-state index in [1.54, 1.807) is 0 Å². The van der Waals surface area contributed by atoms with Crippen LogP contribution in [0.4, 0.5) is 23.4 Å². The number of nitrogen functional groups attached to an aromatic ring is 1. The zero-order valence-electron chi connectivity index (χ0n) is 26.8. The minimum Gasteiger partial charge on any atom is -0.496 e. The van der Waals surface area contributed by atoms with E-state index in [9.17, 15) is 13.6 Å². The van der Waals surface area contributed by atoms with E-state index in [2.05, 4.69) is 37.2 Å². The van der Waals surface area contributed by atoms with Gasteiger partial charge in [0.15, 0.2) is 11.6 Å². The fourth-order valence-electron chi connectivity index (χ4n) is 5.33.